The molecule has 0 spiro atoms. The van der Waals surface area contributed by atoms with Gasteiger partial charge in [-0.25, -0.2) is 9.97 Å². The zero-order valence-corrected chi connectivity index (χ0v) is 16.1. The number of carbonyl (C=O) groups is 2. The Morgan fingerprint density at radius 3 is 2.54 bits per heavy atom. The van der Waals surface area contributed by atoms with Gasteiger partial charge in [0.25, 0.3) is 0 Å². The Labute approximate surface area is 164 Å². The molecule has 2 amide bonds. The first kappa shape index (κ1) is 19.9. The average Bonchev–Trinajstić information content (AvgIpc) is 2.73. The zero-order valence-electron chi connectivity index (χ0n) is 16.1. The van der Waals surface area contributed by atoms with Gasteiger partial charge in [0.05, 0.1) is 18.4 Å². The molecule has 1 saturated heterocycles. The molecule has 0 unspecified atom stereocenters. The number of nitrogens with zero attached hydrogens (tertiary/aromatic N) is 3. The Kier molecular flexibility index (Phi) is 6.36. The molecule has 2 aromatic rings. The predicted octanol–water partition coefficient (Wildman–Crippen LogP) is 1.82. The molecule has 2 N–H and O–H groups in total. The summed E-state index contributed by atoms with van der Waals surface area (Å²) in [5.74, 6) is -0.240. The molecule has 1 aliphatic rings. The van der Waals surface area contributed by atoms with Gasteiger partial charge in [-0.2, -0.15) is 0 Å². The fourth-order valence-corrected chi connectivity index (χ4v) is 3.74. The summed E-state index contributed by atoms with van der Waals surface area (Å²) < 4.78 is 4.98. The van der Waals surface area contributed by atoms with E-state index in [-0.39, 0.29) is 11.8 Å². The molecule has 0 atom stereocenters. The summed E-state index contributed by atoms with van der Waals surface area (Å²) in [5, 5.41) is 0. The van der Waals surface area contributed by atoms with Crippen LogP contribution in [-0.2, 0) is 20.7 Å². The third-order valence-corrected chi connectivity index (χ3v) is 5.48. The number of hydrogen-bond donors (Lipinski definition) is 1. The number of nitrogens with two attached hydrogens (primary N) is 1. The lowest BCUT2D eigenvalue weighted by molar-refractivity contribution is -0.139. The zero-order chi connectivity index (χ0) is 20.0. The number of methoxy groups -OCH3 is 1. The summed E-state index contributed by atoms with van der Waals surface area (Å²) in [6.07, 6.45) is 7.09. The number of likely N-dealkylation sites (tertiary alicyclic amines) is 1. The van der Waals surface area contributed by atoms with E-state index in [1.165, 1.54) is 6.33 Å². The highest BCUT2D eigenvalue weighted by molar-refractivity contribution is 5.82. The topological polar surface area (TPSA) is 98.4 Å². The number of amides is 2. The molecule has 148 valence electrons. The molecule has 0 saturated carbocycles. The number of rotatable bonds is 7. The van der Waals surface area contributed by atoms with Gasteiger partial charge in [0.15, 0.2) is 0 Å². The van der Waals surface area contributed by atoms with Crippen LogP contribution in [0.5, 0.6) is 0 Å². The summed E-state index contributed by atoms with van der Waals surface area (Å²) in [6.45, 7) is 1.49. The van der Waals surface area contributed by atoms with Crippen molar-refractivity contribution in [2.45, 2.75) is 25.7 Å². The third-order valence-electron chi connectivity index (χ3n) is 5.48. The minimum absolute atomic E-state index is 0.0611. The fraction of sp³-hybridized carbons (Fsp3) is 0.429. The smallest absolute Gasteiger partial charge is 0.224 e. The maximum Gasteiger partial charge on any atom is 0.224 e. The van der Waals surface area contributed by atoms with Crippen molar-refractivity contribution in [1.82, 2.24) is 14.9 Å². The number of aromatic nitrogens is 2. The van der Waals surface area contributed by atoms with Crippen LogP contribution in [0.2, 0.25) is 0 Å². The summed E-state index contributed by atoms with van der Waals surface area (Å²) >= 11 is 0. The minimum Gasteiger partial charge on any atom is -0.384 e. The Balaban J connectivity index is 1.72. The van der Waals surface area contributed by atoms with Gasteiger partial charge in [0.1, 0.15) is 6.33 Å². The van der Waals surface area contributed by atoms with Crippen LogP contribution in [0.15, 0.2) is 43.0 Å². The molecule has 1 aromatic heterocycles. The Hall–Kier alpha value is -2.80. The van der Waals surface area contributed by atoms with Crippen LogP contribution in [-0.4, -0.2) is 53.5 Å². The maximum atomic E-state index is 12.4. The van der Waals surface area contributed by atoms with Crippen LogP contribution >= 0.6 is 0 Å². The molecule has 7 nitrogen and oxygen atoms in total. The lowest BCUT2D eigenvalue weighted by Gasteiger charge is -2.40. The second kappa shape index (κ2) is 8.93. The Morgan fingerprint density at radius 1 is 1.18 bits per heavy atom. The maximum absolute atomic E-state index is 12.4. The van der Waals surface area contributed by atoms with Crippen LogP contribution in [0.4, 0.5) is 0 Å². The van der Waals surface area contributed by atoms with E-state index in [9.17, 15) is 9.59 Å². The van der Waals surface area contributed by atoms with Gasteiger partial charge in [-0.3, -0.25) is 9.59 Å². The molecule has 0 radical (unpaired) electrons. The largest absolute Gasteiger partial charge is 0.384 e. The van der Waals surface area contributed by atoms with Crippen molar-refractivity contribution in [2.24, 2.45) is 11.1 Å². The summed E-state index contributed by atoms with van der Waals surface area (Å²) in [6, 6.07) is 8.03. The van der Waals surface area contributed by atoms with Crippen LogP contribution in [0.25, 0.3) is 11.1 Å². The number of carbonyl (C=O) groups excluding carboxylic acids is 2. The van der Waals surface area contributed by atoms with Gasteiger partial charge in [0, 0.05) is 38.2 Å². The molecule has 1 fully saturated rings. The van der Waals surface area contributed by atoms with E-state index in [0.29, 0.717) is 45.4 Å². The van der Waals surface area contributed by atoms with Crippen molar-refractivity contribution in [2.75, 3.05) is 26.8 Å². The van der Waals surface area contributed by atoms with E-state index in [0.717, 1.165) is 16.7 Å². The standard InChI is InChI=1S/C21H26N4O3/c1-28-10-5-19(26)25-8-6-21(7-9-25,20(22)27)12-16-3-2-4-17(11-16)18-13-23-15-24-14-18/h2-4,11,13-15H,5-10,12H2,1H3,(H2,22,27). The first-order valence-electron chi connectivity index (χ1n) is 9.45. The van der Waals surface area contributed by atoms with Crippen molar-refractivity contribution in [3.63, 3.8) is 0 Å². The summed E-state index contributed by atoms with van der Waals surface area (Å²) in [5.41, 5.74) is 8.16. The van der Waals surface area contributed by atoms with E-state index in [4.69, 9.17) is 10.5 Å². The van der Waals surface area contributed by atoms with E-state index in [1.807, 2.05) is 18.2 Å². The quantitative estimate of drug-likeness (QED) is 0.787. The SMILES string of the molecule is COCCC(=O)N1CCC(Cc2cccc(-c3cncnc3)c2)(C(N)=O)CC1. The van der Waals surface area contributed by atoms with Crippen molar-refractivity contribution >= 4 is 11.8 Å². The molecule has 7 heteroatoms. The van der Waals surface area contributed by atoms with Gasteiger partial charge in [0.2, 0.25) is 11.8 Å². The molecular formula is C21H26N4O3. The molecule has 2 heterocycles. The highest BCUT2D eigenvalue weighted by atomic mass is 16.5. The molecule has 3 rings (SSSR count). The Bertz CT molecular complexity index is 817. The van der Waals surface area contributed by atoms with Crippen LogP contribution < -0.4 is 5.73 Å². The molecule has 0 aliphatic carbocycles. The van der Waals surface area contributed by atoms with E-state index >= 15 is 0 Å². The van der Waals surface area contributed by atoms with Gasteiger partial charge in [-0.05, 0) is 30.4 Å². The van der Waals surface area contributed by atoms with Crippen LogP contribution in [0.1, 0.15) is 24.8 Å². The average molecular weight is 382 g/mol. The second-order valence-electron chi connectivity index (χ2n) is 7.27. The molecule has 0 bridgehead atoms. The lowest BCUT2D eigenvalue weighted by atomic mass is 9.73. The molecule has 1 aliphatic heterocycles. The fourth-order valence-electron chi connectivity index (χ4n) is 3.74. The number of hydrogen-bond acceptors (Lipinski definition) is 5. The molecule has 28 heavy (non-hydrogen) atoms. The molecular weight excluding hydrogens is 356 g/mol. The van der Waals surface area contributed by atoms with Crippen LogP contribution in [0.3, 0.4) is 0 Å². The van der Waals surface area contributed by atoms with Gasteiger partial charge >= 0.3 is 0 Å². The highest BCUT2D eigenvalue weighted by Gasteiger charge is 2.40. The number of benzene rings is 1. The monoisotopic (exact) mass is 382 g/mol. The predicted molar refractivity (Wildman–Crippen MR) is 105 cm³/mol. The Morgan fingerprint density at radius 2 is 1.89 bits per heavy atom. The van der Waals surface area contributed by atoms with Crippen molar-refractivity contribution in [1.29, 1.82) is 0 Å². The van der Waals surface area contributed by atoms with Crippen molar-refractivity contribution in [3.8, 4) is 11.1 Å². The van der Waals surface area contributed by atoms with E-state index in [1.54, 1.807) is 24.4 Å². The first-order chi connectivity index (χ1) is 13.5. The number of piperidine rings is 1. The van der Waals surface area contributed by atoms with E-state index < -0.39 is 5.41 Å². The number of primary amides is 1. The lowest BCUT2D eigenvalue weighted by Crippen LogP contribution is -2.50. The minimum atomic E-state index is -0.635. The van der Waals surface area contributed by atoms with Gasteiger partial charge in [-0.15, -0.1) is 0 Å². The van der Waals surface area contributed by atoms with Gasteiger partial charge < -0.3 is 15.4 Å². The van der Waals surface area contributed by atoms with Crippen LogP contribution in [0, 0.1) is 5.41 Å². The second-order valence-corrected chi connectivity index (χ2v) is 7.27. The van der Waals surface area contributed by atoms with Crippen molar-refractivity contribution < 1.29 is 14.3 Å². The number of ether oxygens (including phenoxy) is 1. The summed E-state index contributed by atoms with van der Waals surface area (Å²) in [4.78, 5) is 34.5. The third kappa shape index (κ3) is 4.54. The normalized spacial score (nSPS) is 16.0. The highest BCUT2D eigenvalue weighted by Crippen LogP contribution is 2.36. The van der Waals surface area contributed by atoms with Gasteiger partial charge in [-0.1, -0.05) is 24.3 Å². The molecule has 1 aromatic carbocycles. The summed E-state index contributed by atoms with van der Waals surface area (Å²) in [7, 11) is 1.58. The van der Waals surface area contributed by atoms with E-state index in [2.05, 4.69) is 16.0 Å². The first-order valence-corrected chi connectivity index (χ1v) is 9.45. The van der Waals surface area contributed by atoms with Crippen molar-refractivity contribution in [3.05, 3.63) is 48.5 Å².